The predicted octanol–water partition coefficient (Wildman–Crippen LogP) is 2.59. The van der Waals surface area contributed by atoms with E-state index in [0.29, 0.717) is 5.78 Å². The summed E-state index contributed by atoms with van der Waals surface area (Å²) in [4.78, 5) is 13.5. The second kappa shape index (κ2) is 7.52. The summed E-state index contributed by atoms with van der Waals surface area (Å²) in [5, 5.41) is 4.33. The monoisotopic (exact) mass is 382 g/mol. The summed E-state index contributed by atoms with van der Waals surface area (Å²) < 4.78 is 13.8. The van der Waals surface area contributed by atoms with E-state index in [4.69, 9.17) is 9.15 Å². The molecule has 0 radical (unpaired) electrons. The Kier molecular flexibility index (Phi) is 4.74. The number of piperazine rings is 1. The van der Waals surface area contributed by atoms with Crippen molar-refractivity contribution < 1.29 is 9.15 Å². The normalized spacial score (nSPS) is 21.5. The highest BCUT2D eigenvalue weighted by molar-refractivity contribution is 5.47. The molecular formula is C20H26N6O2. The van der Waals surface area contributed by atoms with E-state index in [2.05, 4.69) is 43.1 Å². The van der Waals surface area contributed by atoms with Crippen LogP contribution in [-0.4, -0.2) is 57.3 Å². The largest absolute Gasteiger partial charge is 0.462 e. The van der Waals surface area contributed by atoms with Crippen molar-refractivity contribution in [2.75, 3.05) is 37.7 Å². The van der Waals surface area contributed by atoms with Crippen molar-refractivity contribution in [2.45, 2.75) is 38.8 Å². The van der Waals surface area contributed by atoms with Crippen molar-refractivity contribution in [3.8, 4) is 0 Å². The van der Waals surface area contributed by atoms with Crippen LogP contribution in [0.5, 0.6) is 0 Å². The standard InChI is InChI=1S/C20H26N6O2/c1-15-12-19(26-20(23-15)21-14-22-26)25-9-7-24(8-10-25)13-16-5-6-18(28-16)17-4-2-3-11-27-17/h5-6,12,14,17H,2-4,7-11,13H2,1H3. The molecule has 1 atom stereocenters. The van der Waals surface area contributed by atoms with Gasteiger partial charge in [0.15, 0.2) is 0 Å². The Morgan fingerprint density at radius 3 is 2.86 bits per heavy atom. The summed E-state index contributed by atoms with van der Waals surface area (Å²) in [7, 11) is 0. The number of aromatic nitrogens is 4. The molecule has 0 amide bonds. The number of ether oxygens (including phenoxy) is 1. The van der Waals surface area contributed by atoms with Gasteiger partial charge in [0.2, 0.25) is 0 Å². The fourth-order valence-corrected chi connectivity index (χ4v) is 4.11. The summed E-state index contributed by atoms with van der Waals surface area (Å²) in [5.41, 5.74) is 0.964. The third kappa shape index (κ3) is 3.49. The number of nitrogens with zero attached hydrogens (tertiary/aromatic N) is 6. The Morgan fingerprint density at radius 2 is 2.04 bits per heavy atom. The van der Waals surface area contributed by atoms with Gasteiger partial charge in [-0.1, -0.05) is 0 Å². The van der Waals surface area contributed by atoms with Gasteiger partial charge in [0.25, 0.3) is 5.78 Å². The maximum absolute atomic E-state index is 6.09. The maximum atomic E-state index is 6.09. The zero-order chi connectivity index (χ0) is 18.9. The summed E-state index contributed by atoms with van der Waals surface area (Å²) in [5.74, 6) is 3.73. The van der Waals surface area contributed by atoms with Crippen molar-refractivity contribution in [3.63, 3.8) is 0 Å². The van der Waals surface area contributed by atoms with Crippen LogP contribution in [0, 0.1) is 6.92 Å². The zero-order valence-electron chi connectivity index (χ0n) is 16.3. The lowest BCUT2D eigenvalue weighted by molar-refractivity contribution is 0.000833. The van der Waals surface area contributed by atoms with Crippen LogP contribution >= 0.6 is 0 Å². The molecule has 28 heavy (non-hydrogen) atoms. The minimum Gasteiger partial charge on any atom is -0.462 e. The molecule has 3 aromatic heterocycles. The van der Waals surface area contributed by atoms with E-state index < -0.39 is 0 Å². The van der Waals surface area contributed by atoms with Crippen LogP contribution in [-0.2, 0) is 11.3 Å². The van der Waals surface area contributed by atoms with E-state index in [1.165, 1.54) is 6.42 Å². The van der Waals surface area contributed by atoms with Crippen LogP contribution in [0.1, 0.15) is 42.6 Å². The zero-order valence-corrected chi connectivity index (χ0v) is 16.3. The van der Waals surface area contributed by atoms with Crippen molar-refractivity contribution in [2.24, 2.45) is 0 Å². The van der Waals surface area contributed by atoms with Crippen molar-refractivity contribution in [1.82, 2.24) is 24.5 Å². The van der Waals surface area contributed by atoms with E-state index in [1.807, 2.05) is 11.4 Å². The quantitative estimate of drug-likeness (QED) is 0.687. The molecule has 8 nitrogen and oxygen atoms in total. The van der Waals surface area contributed by atoms with E-state index >= 15 is 0 Å². The number of fused-ring (bicyclic) bond motifs is 1. The Hall–Kier alpha value is -2.45. The molecule has 0 N–H and O–H groups in total. The third-order valence-corrected chi connectivity index (χ3v) is 5.62. The SMILES string of the molecule is Cc1cc(N2CCN(Cc3ccc(C4CCCCO4)o3)CC2)n2ncnc2n1. The molecule has 5 heterocycles. The van der Waals surface area contributed by atoms with Crippen molar-refractivity contribution >= 4 is 11.6 Å². The number of hydrogen-bond donors (Lipinski definition) is 0. The molecule has 2 aliphatic heterocycles. The van der Waals surface area contributed by atoms with Gasteiger partial charge in [0.1, 0.15) is 29.8 Å². The van der Waals surface area contributed by atoms with Gasteiger partial charge in [-0.25, -0.2) is 4.98 Å². The molecule has 2 saturated heterocycles. The van der Waals surface area contributed by atoms with Crippen molar-refractivity contribution in [3.05, 3.63) is 41.7 Å². The Morgan fingerprint density at radius 1 is 1.14 bits per heavy atom. The van der Waals surface area contributed by atoms with Crippen LogP contribution in [0.15, 0.2) is 28.9 Å². The minimum atomic E-state index is 0.138. The first-order valence-electron chi connectivity index (χ1n) is 10.1. The van der Waals surface area contributed by atoms with Gasteiger partial charge in [-0.05, 0) is 38.3 Å². The van der Waals surface area contributed by atoms with Gasteiger partial charge in [-0.15, -0.1) is 0 Å². The van der Waals surface area contributed by atoms with Gasteiger partial charge < -0.3 is 14.1 Å². The number of furan rings is 1. The molecule has 0 aromatic carbocycles. The van der Waals surface area contributed by atoms with Crippen LogP contribution in [0.3, 0.4) is 0 Å². The Bertz CT molecular complexity index is 937. The number of aryl methyl sites for hydroxylation is 1. The molecule has 3 aromatic rings. The lowest BCUT2D eigenvalue weighted by atomic mass is 10.1. The molecule has 0 spiro atoms. The maximum Gasteiger partial charge on any atom is 0.254 e. The average Bonchev–Trinajstić information content (AvgIpc) is 3.38. The highest BCUT2D eigenvalue weighted by atomic mass is 16.5. The van der Waals surface area contributed by atoms with Gasteiger partial charge in [-0.2, -0.15) is 14.6 Å². The van der Waals surface area contributed by atoms with Crippen LogP contribution in [0.25, 0.3) is 5.78 Å². The molecular weight excluding hydrogens is 356 g/mol. The smallest absolute Gasteiger partial charge is 0.254 e. The highest BCUT2D eigenvalue weighted by Crippen LogP contribution is 2.29. The number of anilines is 1. The molecule has 1 unspecified atom stereocenters. The first-order chi connectivity index (χ1) is 13.8. The van der Waals surface area contributed by atoms with Gasteiger partial charge in [-0.3, -0.25) is 4.90 Å². The highest BCUT2D eigenvalue weighted by Gasteiger charge is 2.23. The summed E-state index contributed by atoms with van der Waals surface area (Å²) >= 11 is 0. The average molecular weight is 382 g/mol. The Balaban J connectivity index is 1.21. The fraction of sp³-hybridized carbons (Fsp3) is 0.550. The van der Waals surface area contributed by atoms with Gasteiger partial charge >= 0.3 is 0 Å². The minimum absolute atomic E-state index is 0.138. The predicted molar refractivity (Wildman–Crippen MR) is 104 cm³/mol. The van der Waals surface area contributed by atoms with Crippen LogP contribution in [0.2, 0.25) is 0 Å². The van der Waals surface area contributed by atoms with E-state index in [-0.39, 0.29) is 6.10 Å². The number of rotatable bonds is 4. The van der Waals surface area contributed by atoms with Gasteiger partial charge in [0.05, 0.1) is 6.54 Å². The number of hydrogen-bond acceptors (Lipinski definition) is 7. The summed E-state index contributed by atoms with van der Waals surface area (Å²) in [6.07, 6.45) is 5.14. The lowest BCUT2D eigenvalue weighted by Crippen LogP contribution is -2.46. The first kappa shape index (κ1) is 17.6. The topological polar surface area (TPSA) is 71.9 Å². The van der Waals surface area contributed by atoms with E-state index in [9.17, 15) is 0 Å². The molecule has 148 valence electrons. The molecule has 8 heteroatoms. The second-order valence-electron chi connectivity index (χ2n) is 7.65. The van der Waals surface area contributed by atoms with Crippen molar-refractivity contribution in [1.29, 1.82) is 0 Å². The molecule has 5 rings (SSSR count). The van der Waals surface area contributed by atoms with E-state index in [1.54, 1.807) is 6.33 Å². The van der Waals surface area contributed by atoms with Crippen LogP contribution in [0.4, 0.5) is 5.82 Å². The lowest BCUT2D eigenvalue weighted by Gasteiger charge is -2.35. The third-order valence-electron chi connectivity index (χ3n) is 5.62. The molecule has 2 aliphatic rings. The van der Waals surface area contributed by atoms with E-state index in [0.717, 1.165) is 75.2 Å². The van der Waals surface area contributed by atoms with Crippen LogP contribution < -0.4 is 4.90 Å². The molecule has 0 saturated carbocycles. The first-order valence-corrected chi connectivity index (χ1v) is 10.1. The summed E-state index contributed by atoms with van der Waals surface area (Å²) in [6, 6.07) is 6.27. The Labute approximate surface area is 164 Å². The summed E-state index contributed by atoms with van der Waals surface area (Å²) in [6.45, 7) is 7.53. The molecule has 2 fully saturated rings. The van der Waals surface area contributed by atoms with Gasteiger partial charge in [0, 0.05) is 44.5 Å². The molecule has 0 bridgehead atoms. The fourth-order valence-electron chi connectivity index (χ4n) is 4.11. The molecule has 0 aliphatic carbocycles. The second-order valence-corrected chi connectivity index (χ2v) is 7.65.